The third-order valence-electron chi connectivity index (χ3n) is 2.53. The van der Waals surface area contributed by atoms with Crippen LogP contribution in [0, 0.1) is 19.8 Å². The van der Waals surface area contributed by atoms with Gasteiger partial charge >= 0.3 is 11.9 Å². The monoisotopic (exact) mass is 254 g/mol. The molecule has 1 aromatic heterocycles. The van der Waals surface area contributed by atoms with E-state index >= 15 is 0 Å². The van der Waals surface area contributed by atoms with Gasteiger partial charge < -0.3 is 14.8 Å². The second kappa shape index (κ2) is 5.66. The maximum absolute atomic E-state index is 11.8. The Hall–Kier alpha value is -1.85. The molecule has 0 aromatic carbocycles. The molecule has 100 valence electrons. The molecule has 0 unspecified atom stereocenters. The Morgan fingerprint density at radius 2 is 2.00 bits per heavy atom. The van der Waals surface area contributed by atoms with Gasteiger partial charge in [0.05, 0.1) is 5.69 Å². The number of hydrogen-bond donors (Lipinski definition) is 2. The molecule has 0 aliphatic carbocycles. The number of carboxylic acids is 1. The first-order chi connectivity index (χ1) is 8.31. The van der Waals surface area contributed by atoms with E-state index in [-0.39, 0.29) is 11.8 Å². The van der Waals surface area contributed by atoms with Gasteiger partial charge in [0.1, 0.15) is 11.8 Å². The van der Waals surface area contributed by atoms with Crippen molar-refractivity contribution in [2.75, 3.05) is 0 Å². The van der Waals surface area contributed by atoms with Crippen molar-refractivity contribution in [2.24, 2.45) is 5.92 Å². The quantitative estimate of drug-likeness (QED) is 0.831. The highest BCUT2D eigenvalue weighted by molar-refractivity contribution is 5.92. The zero-order valence-corrected chi connectivity index (χ0v) is 11.0. The van der Waals surface area contributed by atoms with Crippen molar-refractivity contribution in [1.29, 1.82) is 0 Å². The topological polar surface area (TPSA) is 92.4 Å². The Labute approximate surface area is 105 Å². The maximum atomic E-state index is 11.8. The van der Waals surface area contributed by atoms with Gasteiger partial charge in [0, 0.05) is 0 Å². The van der Waals surface area contributed by atoms with Crippen molar-refractivity contribution in [3.8, 4) is 0 Å². The molecule has 0 aliphatic rings. The van der Waals surface area contributed by atoms with Gasteiger partial charge in [-0.3, -0.25) is 4.79 Å². The Balaban J connectivity index is 2.75. The predicted molar refractivity (Wildman–Crippen MR) is 64.3 cm³/mol. The Morgan fingerprint density at radius 3 is 2.39 bits per heavy atom. The lowest BCUT2D eigenvalue weighted by Crippen LogP contribution is -2.41. The Morgan fingerprint density at radius 1 is 1.39 bits per heavy atom. The normalized spacial score (nSPS) is 12.5. The number of nitrogens with one attached hydrogen (secondary N) is 1. The molecule has 2 N–H and O–H groups in total. The zero-order chi connectivity index (χ0) is 13.9. The van der Waals surface area contributed by atoms with E-state index in [1.807, 2.05) is 13.8 Å². The predicted octanol–water partition coefficient (Wildman–Crippen LogP) is 1.52. The van der Waals surface area contributed by atoms with Crippen LogP contribution in [-0.2, 0) is 4.79 Å². The average Bonchev–Trinajstić information content (AvgIpc) is 2.57. The van der Waals surface area contributed by atoms with E-state index in [0.717, 1.165) is 0 Å². The summed E-state index contributed by atoms with van der Waals surface area (Å²) in [5.41, 5.74) is 0.621. The van der Waals surface area contributed by atoms with Gasteiger partial charge in [-0.05, 0) is 26.2 Å². The molecule has 0 saturated carbocycles. The summed E-state index contributed by atoms with van der Waals surface area (Å²) >= 11 is 0. The van der Waals surface area contributed by atoms with Crippen LogP contribution in [0.2, 0.25) is 0 Å². The summed E-state index contributed by atoms with van der Waals surface area (Å²) in [6.45, 7) is 7.20. The van der Waals surface area contributed by atoms with E-state index in [9.17, 15) is 9.59 Å². The summed E-state index contributed by atoms with van der Waals surface area (Å²) in [6, 6.07) is -0.926. The lowest BCUT2D eigenvalue weighted by molar-refractivity contribution is -0.139. The molecule has 1 aromatic rings. The summed E-state index contributed by atoms with van der Waals surface area (Å²) < 4.78 is 5.15. The summed E-state index contributed by atoms with van der Waals surface area (Å²) in [5.74, 6) is -1.04. The van der Waals surface area contributed by atoms with E-state index in [0.29, 0.717) is 17.9 Å². The molecule has 0 saturated heterocycles. The lowest BCUT2D eigenvalue weighted by atomic mass is 10.0. The summed E-state index contributed by atoms with van der Waals surface area (Å²) in [6.07, 6.45) is 0.361. The largest absolute Gasteiger partial charge is 0.480 e. The average molecular weight is 254 g/mol. The van der Waals surface area contributed by atoms with Crippen LogP contribution < -0.4 is 5.32 Å². The molecule has 0 bridgehead atoms. The first-order valence-corrected chi connectivity index (χ1v) is 5.79. The van der Waals surface area contributed by atoms with Crippen LogP contribution in [0.5, 0.6) is 0 Å². The molecule has 1 amide bonds. The highest BCUT2D eigenvalue weighted by atomic mass is 16.4. The number of nitrogens with zero attached hydrogens (tertiary/aromatic N) is 1. The summed E-state index contributed by atoms with van der Waals surface area (Å²) in [4.78, 5) is 26.7. The minimum Gasteiger partial charge on any atom is -0.480 e. The lowest BCUT2D eigenvalue weighted by Gasteiger charge is -2.15. The molecule has 0 spiro atoms. The number of aryl methyl sites for hydroxylation is 2. The number of amides is 1. The third kappa shape index (κ3) is 3.58. The summed E-state index contributed by atoms with van der Waals surface area (Å²) in [5, 5.41) is 11.4. The second-order valence-electron chi connectivity index (χ2n) is 4.65. The molecule has 6 nitrogen and oxygen atoms in total. The number of carboxylic acid groups (broad SMARTS) is 1. The Kier molecular flexibility index (Phi) is 4.47. The molecular weight excluding hydrogens is 236 g/mol. The molecule has 1 heterocycles. The first kappa shape index (κ1) is 14.2. The highest BCUT2D eigenvalue weighted by Crippen LogP contribution is 2.10. The molecule has 0 fully saturated rings. The van der Waals surface area contributed by atoms with Crippen LogP contribution in [0.4, 0.5) is 0 Å². The highest BCUT2D eigenvalue weighted by Gasteiger charge is 2.24. The second-order valence-corrected chi connectivity index (χ2v) is 4.65. The van der Waals surface area contributed by atoms with Gasteiger partial charge in [-0.15, -0.1) is 0 Å². The molecule has 1 rings (SSSR count). The van der Waals surface area contributed by atoms with Crippen LogP contribution >= 0.6 is 0 Å². The van der Waals surface area contributed by atoms with Crippen LogP contribution in [0.25, 0.3) is 0 Å². The Bertz CT molecular complexity index is 431. The van der Waals surface area contributed by atoms with Crippen molar-refractivity contribution >= 4 is 11.9 Å². The smallest absolute Gasteiger partial charge is 0.326 e. The van der Waals surface area contributed by atoms with E-state index in [1.165, 1.54) is 0 Å². The van der Waals surface area contributed by atoms with Gasteiger partial charge in [-0.25, -0.2) is 9.78 Å². The van der Waals surface area contributed by atoms with Gasteiger partial charge in [-0.2, -0.15) is 0 Å². The fraction of sp³-hybridized carbons (Fsp3) is 0.583. The molecule has 6 heteroatoms. The third-order valence-corrected chi connectivity index (χ3v) is 2.53. The van der Waals surface area contributed by atoms with Crippen molar-refractivity contribution < 1.29 is 19.1 Å². The standard InChI is InChI=1S/C12H18N2O4/c1-6(2)5-9(12(16)17)14-10(15)11-13-7(3)8(4)18-11/h6,9H,5H2,1-4H3,(H,14,15)(H,16,17)/t9-/m1/s1. The number of aliphatic carboxylic acids is 1. The molecule has 1 atom stereocenters. The van der Waals surface area contributed by atoms with E-state index in [4.69, 9.17) is 9.52 Å². The van der Waals surface area contributed by atoms with Crippen molar-refractivity contribution in [2.45, 2.75) is 40.2 Å². The zero-order valence-electron chi connectivity index (χ0n) is 11.0. The molecule has 18 heavy (non-hydrogen) atoms. The fourth-order valence-electron chi connectivity index (χ4n) is 1.48. The minimum atomic E-state index is -1.06. The van der Waals surface area contributed by atoms with E-state index in [2.05, 4.69) is 10.3 Å². The van der Waals surface area contributed by atoms with Gasteiger partial charge in [0.2, 0.25) is 0 Å². The molecule has 0 radical (unpaired) electrons. The summed E-state index contributed by atoms with van der Waals surface area (Å²) in [7, 11) is 0. The number of carbonyl (C=O) groups is 2. The van der Waals surface area contributed by atoms with Crippen LogP contribution in [0.15, 0.2) is 4.42 Å². The number of rotatable bonds is 5. The fourth-order valence-corrected chi connectivity index (χ4v) is 1.48. The molecular formula is C12H18N2O4. The maximum Gasteiger partial charge on any atom is 0.326 e. The number of aromatic nitrogens is 1. The van der Waals surface area contributed by atoms with Gasteiger partial charge in [-0.1, -0.05) is 13.8 Å². The van der Waals surface area contributed by atoms with Gasteiger partial charge in [0.25, 0.3) is 5.89 Å². The van der Waals surface area contributed by atoms with Crippen molar-refractivity contribution in [1.82, 2.24) is 10.3 Å². The number of oxazole rings is 1. The van der Waals surface area contributed by atoms with Crippen molar-refractivity contribution in [3.63, 3.8) is 0 Å². The first-order valence-electron chi connectivity index (χ1n) is 5.79. The SMILES string of the molecule is Cc1nc(C(=O)N[C@H](CC(C)C)C(=O)O)oc1C. The number of hydrogen-bond acceptors (Lipinski definition) is 4. The van der Waals surface area contributed by atoms with Gasteiger partial charge in [0.15, 0.2) is 0 Å². The van der Waals surface area contributed by atoms with Crippen LogP contribution in [0.1, 0.15) is 42.4 Å². The number of carbonyl (C=O) groups excluding carboxylic acids is 1. The minimum absolute atomic E-state index is 0.0972. The van der Waals surface area contributed by atoms with E-state index < -0.39 is 17.9 Å². The van der Waals surface area contributed by atoms with E-state index in [1.54, 1.807) is 13.8 Å². The molecule has 0 aliphatic heterocycles. The van der Waals surface area contributed by atoms with Crippen LogP contribution in [-0.4, -0.2) is 28.0 Å². The van der Waals surface area contributed by atoms with Crippen LogP contribution in [0.3, 0.4) is 0 Å². The van der Waals surface area contributed by atoms with Crippen molar-refractivity contribution in [3.05, 3.63) is 17.3 Å².